The second-order valence-corrected chi connectivity index (χ2v) is 4.06. The molecule has 1 aliphatic rings. The van der Waals surface area contributed by atoms with Crippen LogP contribution in [0.5, 0.6) is 0 Å². The maximum absolute atomic E-state index is 5.81. The highest BCUT2D eigenvalue weighted by atomic mass is 32.1. The summed E-state index contributed by atoms with van der Waals surface area (Å²) in [7, 11) is 0. The summed E-state index contributed by atoms with van der Waals surface area (Å²) in [5.41, 5.74) is 8.61. The maximum atomic E-state index is 5.81. The van der Waals surface area contributed by atoms with Crippen molar-refractivity contribution in [3.05, 3.63) is 16.0 Å². The van der Waals surface area contributed by atoms with E-state index < -0.39 is 0 Å². The summed E-state index contributed by atoms with van der Waals surface area (Å²) < 4.78 is 0. The van der Waals surface area contributed by atoms with E-state index in [9.17, 15) is 0 Å². The van der Waals surface area contributed by atoms with E-state index in [0.717, 1.165) is 24.5 Å². The van der Waals surface area contributed by atoms with Gasteiger partial charge in [-0.05, 0) is 31.0 Å². The molecule has 1 aromatic rings. The molecule has 0 aromatic carbocycles. The first-order valence-electron chi connectivity index (χ1n) is 4.86. The first-order chi connectivity index (χ1) is 6.29. The summed E-state index contributed by atoms with van der Waals surface area (Å²) in [6.45, 7) is 8.23. The van der Waals surface area contributed by atoms with Crippen molar-refractivity contribution in [2.24, 2.45) is 0 Å². The van der Waals surface area contributed by atoms with Crippen LogP contribution in [0.2, 0.25) is 0 Å². The summed E-state index contributed by atoms with van der Waals surface area (Å²) in [6, 6.07) is 0. The van der Waals surface area contributed by atoms with Gasteiger partial charge in [-0.25, -0.2) is 0 Å². The molecule has 1 aliphatic heterocycles. The lowest BCUT2D eigenvalue weighted by Crippen LogP contribution is -2.22. The highest BCUT2D eigenvalue weighted by Gasteiger charge is 2.15. The van der Waals surface area contributed by atoms with Crippen molar-refractivity contribution in [1.82, 2.24) is 5.32 Å². The maximum Gasteiger partial charge on any atom is 0.0892 e. The fourth-order valence-electron chi connectivity index (χ4n) is 1.51. The SMILES string of the molecule is CC.Cc1c(N)sc2c1CCNC2. The van der Waals surface area contributed by atoms with Crippen LogP contribution in [0.25, 0.3) is 0 Å². The van der Waals surface area contributed by atoms with Gasteiger partial charge < -0.3 is 11.1 Å². The number of rotatable bonds is 0. The van der Waals surface area contributed by atoms with Crippen LogP contribution in [0.1, 0.15) is 29.9 Å². The molecule has 74 valence electrons. The predicted octanol–water partition coefficient (Wildman–Crippen LogP) is 2.31. The van der Waals surface area contributed by atoms with E-state index >= 15 is 0 Å². The smallest absolute Gasteiger partial charge is 0.0892 e. The van der Waals surface area contributed by atoms with Crippen LogP contribution in [-0.2, 0) is 13.0 Å². The molecule has 0 bridgehead atoms. The Bertz CT molecular complexity index is 279. The van der Waals surface area contributed by atoms with Crippen LogP contribution >= 0.6 is 11.3 Å². The normalized spacial score (nSPS) is 14.4. The third-order valence-electron chi connectivity index (χ3n) is 2.23. The number of hydrogen-bond donors (Lipinski definition) is 2. The summed E-state index contributed by atoms with van der Waals surface area (Å²) in [6.07, 6.45) is 1.15. The van der Waals surface area contributed by atoms with Crippen LogP contribution in [0, 0.1) is 6.92 Å². The first-order valence-corrected chi connectivity index (χ1v) is 5.68. The number of nitrogens with one attached hydrogen (secondary N) is 1. The standard InChI is InChI=1S/C8H12N2S.C2H6/c1-5-6-2-3-10-4-7(6)11-8(5)9;1-2/h10H,2-4,9H2,1H3;1-2H3. The number of nitrogens with two attached hydrogens (primary N) is 1. The van der Waals surface area contributed by atoms with Crippen LogP contribution in [0.15, 0.2) is 0 Å². The van der Waals surface area contributed by atoms with E-state index in [2.05, 4.69) is 12.2 Å². The fraction of sp³-hybridized carbons (Fsp3) is 0.600. The van der Waals surface area contributed by atoms with Crippen molar-refractivity contribution in [3.63, 3.8) is 0 Å². The zero-order chi connectivity index (χ0) is 9.84. The summed E-state index contributed by atoms with van der Waals surface area (Å²) in [5, 5.41) is 4.34. The van der Waals surface area contributed by atoms with Crippen molar-refractivity contribution in [1.29, 1.82) is 0 Å². The molecule has 3 N–H and O–H groups in total. The summed E-state index contributed by atoms with van der Waals surface area (Å²) in [5.74, 6) is 0. The predicted molar refractivity (Wildman–Crippen MR) is 60.2 cm³/mol. The van der Waals surface area contributed by atoms with Crippen molar-refractivity contribution >= 4 is 16.3 Å². The van der Waals surface area contributed by atoms with Crippen LogP contribution in [0.4, 0.5) is 5.00 Å². The van der Waals surface area contributed by atoms with E-state index in [-0.39, 0.29) is 0 Å². The molecule has 3 heteroatoms. The second kappa shape index (κ2) is 4.63. The number of fused-ring (bicyclic) bond motifs is 1. The van der Waals surface area contributed by atoms with E-state index in [4.69, 9.17) is 5.73 Å². The van der Waals surface area contributed by atoms with E-state index in [0.29, 0.717) is 0 Å². The van der Waals surface area contributed by atoms with Gasteiger partial charge >= 0.3 is 0 Å². The van der Waals surface area contributed by atoms with Gasteiger partial charge in [-0.2, -0.15) is 0 Å². The molecule has 0 fully saturated rings. The Kier molecular flexibility index (Phi) is 3.75. The zero-order valence-electron chi connectivity index (χ0n) is 8.61. The molecule has 0 aliphatic carbocycles. The van der Waals surface area contributed by atoms with Gasteiger partial charge in [0, 0.05) is 11.4 Å². The average Bonchev–Trinajstić information content (AvgIpc) is 2.47. The number of thiophene rings is 1. The van der Waals surface area contributed by atoms with Crippen molar-refractivity contribution in [2.75, 3.05) is 12.3 Å². The zero-order valence-corrected chi connectivity index (χ0v) is 9.42. The quantitative estimate of drug-likeness (QED) is 0.671. The molecule has 2 heterocycles. The fourth-order valence-corrected chi connectivity index (χ4v) is 2.61. The molecule has 0 spiro atoms. The molecule has 0 atom stereocenters. The Hall–Kier alpha value is -0.540. The number of hydrogen-bond acceptors (Lipinski definition) is 3. The highest BCUT2D eigenvalue weighted by Crippen LogP contribution is 2.31. The lowest BCUT2D eigenvalue weighted by molar-refractivity contribution is 0.652. The largest absolute Gasteiger partial charge is 0.390 e. The summed E-state index contributed by atoms with van der Waals surface area (Å²) in [4.78, 5) is 1.44. The molecule has 2 rings (SSSR count). The average molecular weight is 198 g/mol. The Balaban J connectivity index is 0.000000396. The second-order valence-electron chi connectivity index (χ2n) is 2.92. The Labute approximate surface area is 84.2 Å². The van der Waals surface area contributed by atoms with E-state index in [1.807, 2.05) is 13.8 Å². The van der Waals surface area contributed by atoms with Crippen molar-refractivity contribution in [3.8, 4) is 0 Å². The molecular formula is C10H18N2S. The van der Waals surface area contributed by atoms with Gasteiger partial charge in [-0.1, -0.05) is 13.8 Å². The molecule has 0 unspecified atom stereocenters. The third kappa shape index (κ3) is 2.03. The topological polar surface area (TPSA) is 38.0 Å². The van der Waals surface area contributed by atoms with Gasteiger partial charge in [0.05, 0.1) is 5.00 Å². The van der Waals surface area contributed by atoms with Crippen LogP contribution < -0.4 is 11.1 Å². The molecule has 0 amide bonds. The van der Waals surface area contributed by atoms with Gasteiger partial charge in [0.1, 0.15) is 0 Å². The molecule has 2 nitrogen and oxygen atoms in total. The van der Waals surface area contributed by atoms with Gasteiger partial charge in [0.2, 0.25) is 0 Å². The van der Waals surface area contributed by atoms with E-state index in [1.54, 1.807) is 11.3 Å². The molecule has 0 saturated heterocycles. The van der Waals surface area contributed by atoms with Gasteiger partial charge in [-0.15, -0.1) is 11.3 Å². The molecule has 13 heavy (non-hydrogen) atoms. The van der Waals surface area contributed by atoms with Gasteiger partial charge in [-0.3, -0.25) is 0 Å². The minimum atomic E-state index is 0.999. The van der Waals surface area contributed by atoms with Crippen molar-refractivity contribution in [2.45, 2.75) is 33.7 Å². The Morgan fingerprint density at radius 1 is 1.38 bits per heavy atom. The third-order valence-corrected chi connectivity index (χ3v) is 3.39. The summed E-state index contributed by atoms with van der Waals surface area (Å²) >= 11 is 1.73. The first kappa shape index (κ1) is 10.5. The molecule has 1 aromatic heterocycles. The Morgan fingerprint density at radius 3 is 2.69 bits per heavy atom. The molecule has 0 radical (unpaired) electrons. The minimum Gasteiger partial charge on any atom is -0.390 e. The molecule has 0 saturated carbocycles. The lowest BCUT2D eigenvalue weighted by Gasteiger charge is -2.12. The number of nitrogen functional groups attached to an aromatic ring is 1. The Morgan fingerprint density at radius 2 is 2.08 bits per heavy atom. The van der Waals surface area contributed by atoms with Gasteiger partial charge in [0.25, 0.3) is 0 Å². The van der Waals surface area contributed by atoms with Crippen LogP contribution in [-0.4, -0.2) is 6.54 Å². The lowest BCUT2D eigenvalue weighted by atomic mass is 10.1. The monoisotopic (exact) mass is 198 g/mol. The van der Waals surface area contributed by atoms with Crippen molar-refractivity contribution < 1.29 is 0 Å². The van der Waals surface area contributed by atoms with Crippen LogP contribution in [0.3, 0.4) is 0 Å². The van der Waals surface area contributed by atoms with Gasteiger partial charge in [0.15, 0.2) is 0 Å². The highest BCUT2D eigenvalue weighted by molar-refractivity contribution is 7.16. The van der Waals surface area contributed by atoms with E-state index in [1.165, 1.54) is 16.0 Å². The number of anilines is 1. The molecular weight excluding hydrogens is 180 g/mol. The minimum absolute atomic E-state index is 0.999.